The molecule has 0 saturated carbocycles. The van der Waals surface area contributed by atoms with E-state index in [9.17, 15) is 14.7 Å². The number of halogens is 1. The van der Waals surface area contributed by atoms with Crippen molar-refractivity contribution in [3.63, 3.8) is 0 Å². The molecule has 1 amide bonds. The van der Waals surface area contributed by atoms with Gasteiger partial charge >= 0.3 is 12.1 Å². The SMILES string of the molecule is O=C(O)CC(NC(=O)OCC1c2ccccc2-c2ccccc21)c1ccc(OCc2ccccc2)c(Br)c1. The van der Waals surface area contributed by atoms with Crippen LogP contribution >= 0.6 is 15.9 Å². The van der Waals surface area contributed by atoms with E-state index >= 15 is 0 Å². The Morgan fingerprint density at radius 2 is 1.50 bits per heavy atom. The van der Waals surface area contributed by atoms with Crippen molar-refractivity contribution in [2.75, 3.05) is 6.61 Å². The Morgan fingerprint density at radius 3 is 2.13 bits per heavy atom. The number of ether oxygens (including phenoxy) is 2. The maximum absolute atomic E-state index is 12.8. The van der Waals surface area contributed by atoms with Crippen LogP contribution in [0.15, 0.2) is 102 Å². The van der Waals surface area contributed by atoms with Crippen molar-refractivity contribution in [3.8, 4) is 16.9 Å². The molecule has 0 aliphatic heterocycles. The summed E-state index contributed by atoms with van der Waals surface area (Å²) in [6, 6.07) is 30.5. The number of carboxylic acids is 1. The quantitative estimate of drug-likeness (QED) is 0.224. The lowest BCUT2D eigenvalue weighted by Gasteiger charge is -2.20. The third kappa shape index (κ3) is 5.73. The van der Waals surface area contributed by atoms with Gasteiger partial charge in [-0.15, -0.1) is 0 Å². The number of amides is 1. The second-order valence-electron chi connectivity index (χ2n) is 9.08. The molecule has 0 fully saturated rings. The lowest BCUT2D eigenvalue weighted by molar-refractivity contribution is -0.137. The molecule has 1 unspecified atom stereocenters. The zero-order chi connectivity index (χ0) is 26.5. The number of nitrogens with one attached hydrogen (secondary N) is 1. The van der Waals surface area contributed by atoms with Gasteiger partial charge in [0.15, 0.2) is 0 Å². The molecular formula is C31H26BrNO5. The van der Waals surface area contributed by atoms with E-state index in [1.54, 1.807) is 18.2 Å². The number of alkyl carbamates (subject to hydrolysis) is 1. The highest BCUT2D eigenvalue weighted by Crippen LogP contribution is 2.44. The van der Waals surface area contributed by atoms with Crippen molar-refractivity contribution in [1.82, 2.24) is 5.32 Å². The van der Waals surface area contributed by atoms with Gasteiger partial charge in [-0.1, -0.05) is 84.9 Å². The minimum Gasteiger partial charge on any atom is -0.488 e. The standard InChI is InChI=1S/C31H26BrNO5/c32-27-16-21(14-15-29(27)37-18-20-8-2-1-3-9-20)28(17-30(34)35)33-31(36)38-19-26-24-12-6-4-10-22(24)23-11-5-7-13-25(23)26/h1-16,26,28H,17-19H2,(H,33,36)(H,34,35). The first-order valence-electron chi connectivity index (χ1n) is 12.3. The third-order valence-corrected chi connectivity index (χ3v) is 7.23. The van der Waals surface area contributed by atoms with Crippen molar-refractivity contribution in [1.29, 1.82) is 0 Å². The van der Waals surface area contributed by atoms with Crippen molar-refractivity contribution < 1.29 is 24.2 Å². The van der Waals surface area contributed by atoms with Crippen LogP contribution in [0.5, 0.6) is 5.75 Å². The first kappa shape index (κ1) is 25.5. The van der Waals surface area contributed by atoms with Crippen molar-refractivity contribution >= 4 is 28.0 Å². The molecule has 0 aromatic heterocycles. The van der Waals surface area contributed by atoms with E-state index in [1.165, 1.54) is 0 Å². The van der Waals surface area contributed by atoms with Gasteiger partial charge in [0.1, 0.15) is 19.0 Å². The Balaban J connectivity index is 1.26. The summed E-state index contributed by atoms with van der Waals surface area (Å²) in [4.78, 5) is 24.4. The summed E-state index contributed by atoms with van der Waals surface area (Å²) in [7, 11) is 0. The molecule has 0 bridgehead atoms. The van der Waals surface area contributed by atoms with Crippen molar-refractivity contribution in [2.24, 2.45) is 0 Å². The Hall–Kier alpha value is -4.10. The van der Waals surface area contributed by atoms with E-state index in [0.717, 1.165) is 27.8 Å². The fraction of sp³-hybridized carbons (Fsp3) is 0.161. The van der Waals surface area contributed by atoms with Gasteiger partial charge in [0.05, 0.1) is 16.9 Å². The molecule has 2 N–H and O–H groups in total. The second-order valence-corrected chi connectivity index (χ2v) is 9.94. The fourth-order valence-corrected chi connectivity index (χ4v) is 5.31. The number of carboxylic acid groups (broad SMARTS) is 1. The minimum atomic E-state index is -1.03. The van der Waals surface area contributed by atoms with Crippen LogP contribution in [0, 0.1) is 0 Å². The fourth-order valence-electron chi connectivity index (χ4n) is 4.80. The van der Waals surface area contributed by atoms with Crippen LogP contribution in [0.25, 0.3) is 11.1 Å². The Morgan fingerprint density at radius 1 is 0.868 bits per heavy atom. The third-order valence-electron chi connectivity index (χ3n) is 6.61. The first-order valence-corrected chi connectivity index (χ1v) is 13.1. The molecule has 0 radical (unpaired) electrons. The van der Waals surface area contributed by atoms with E-state index < -0.39 is 18.1 Å². The molecule has 1 atom stereocenters. The van der Waals surface area contributed by atoms with Gasteiger partial charge in [0.25, 0.3) is 0 Å². The van der Waals surface area contributed by atoms with Gasteiger partial charge in [0, 0.05) is 5.92 Å². The molecule has 0 spiro atoms. The van der Waals surface area contributed by atoms with Crippen molar-refractivity contribution in [3.05, 3.63) is 124 Å². The van der Waals surface area contributed by atoms with Crippen molar-refractivity contribution in [2.45, 2.75) is 25.0 Å². The number of benzene rings is 4. The van der Waals surface area contributed by atoms with E-state index in [4.69, 9.17) is 9.47 Å². The predicted molar refractivity (Wildman–Crippen MR) is 148 cm³/mol. The highest BCUT2D eigenvalue weighted by Gasteiger charge is 2.29. The maximum atomic E-state index is 12.8. The van der Waals surface area contributed by atoms with Gasteiger partial charge in [-0.05, 0) is 61.4 Å². The summed E-state index contributed by atoms with van der Waals surface area (Å²) in [5.41, 5.74) is 6.15. The predicted octanol–water partition coefficient (Wildman–Crippen LogP) is 7.08. The van der Waals surface area contributed by atoms with Gasteiger partial charge in [-0.2, -0.15) is 0 Å². The van der Waals surface area contributed by atoms with Crippen LogP contribution in [0.3, 0.4) is 0 Å². The van der Waals surface area contributed by atoms with Gasteiger partial charge in [-0.25, -0.2) is 4.79 Å². The molecular weight excluding hydrogens is 546 g/mol. The van der Waals surface area contributed by atoms with Crippen LogP contribution in [0.1, 0.15) is 40.6 Å². The lowest BCUT2D eigenvalue weighted by Crippen LogP contribution is -2.31. The lowest BCUT2D eigenvalue weighted by atomic mass is 9.98. The summed E-state index contributed by atoms with van der Waals surface area (Å²) in [6.45, 7) is 0.547. The van der Waals surface area contributed by atoms with Crippen LogP contribution in [0.4, 0.5) is 4.79 Å². The highest BCUT2D eigenvalue weighted by molar-refractivity contribution is 9.10. The van der Waals surface area contributed by atoms with Crippen LogP contribution in [0.2, 0.25) is 0 Å². The summed E-state index contributed by atoms with van der Waals surface area (Å²) in [5.74, 6) is -0.497. The van der Waals surface area contributed by atoms with Gasteiger partial charge in [0.2, 0.25) is 0 Å². The number of rotatable bonds is 9. The zero-order valence-corrected chi connectivity index (χ0v) is 22.1. The normalized spacial score (nSPS) is 12.8. The van der Waals surface area contributed by atoms with Gasteiger partial charge in [-0.3, -0.25) is 4.79 Å². The average molecular weight is 572 g/mol. The monoisotopic (exact) mass is 571 g/mol. The summed E-state index contributed by atoms with van der Waals surface area (Å²) in [5, 5.41) is 12.2. The molecule has 38 heavy (non-hydrogen) atoms. The average Bonchev–Trinajstić information content (AvgIpc) is 3.25. The Bertz CT molecular complexity index is 1410. The number of hydrogen-bond acceptors (Lipinski definition) is 4. The largest absolute Gasteiger partial charge is 0.488 e. The molecule has 6 nitrogen and oxygen atoms in total. The van der Waals surface area contributed by atoms with E-state index in [1.807, 2.05) is 66.7 Å². The molecule has 4 aromatic rings. The molecule has 5 rings (SSSR count). The maximum Gasteiger partial charge on any atom is 0.407 e. The number of hydrogen-bond donors (Lipinski definition) is 2. The Kier molecular flexibility index (Phi) is 7.75. The minimum absolute atomic E-state index is 0.0822. The molecule has 0 saturated heterocycles. The molecule has 192 valence electrons. The molecule has 7 heteroatoms. The molecule has 4 aromatic carbocycles. The molecule has 1 aliphatic carbocycles. The van der Waals surface area contributed by atoms with E-state index in [2.05, 4.69) is 33.4 Å². The van der Waals surface area contributed by atoms with Gasteiger partial charge < -0.3 is 19.9 Å². The first-order chi connectivity index (χ1) is 18.5. The Labute approximate surface area is 229 Å². The molecule has 1 aliphatic rings. The molecule has 0 heterocycles. The smallest absolute Gasteiger partial charge is 0.407 e. The topological polar surface area (TPSA) is 84.9 Å². The number of fused-ring (bicyclic) bond motifs is 3. The summed E-state index contributed by atoms with van der Waals surface area (Å²) < 4.78 is 12.2. The van der Waals surface area contributed by atoms with E-state index in [0.29, 0.717) is 22.4 Å². The van der Waals surface area contributed by atoms with Crippen LogP contribution in [-0.4, -0.2) is 23.8 Å². The number of aliphatic carboxylic acids is 1. The number of carbonyl (C=O) groups is 2. The van der Waals surface area contributed by atoms with Crippen LogP contribution < -0.4 is 10.1 Å². The highest BCUT2D eigenvalue weighted by atomic mass is 79.9. The zero-order valence-electron chi connectivity index (χ0n) is 20.5. The number of carbonyl (C=O) groups excluding carboxylic acids is 1. The summed E-state index contributed by atoms with van der Waals surface area (Å²) in [6.07, 6.45) is -0.959. The summed E-state index contributed by atoms with van der Waals surface area (Å²) >= 11 is 3.51. The van der Waals surface area contributed by atoms with E-state index in [-0.39, 0.29) is 18.9 Å². The second kappa shape index (κ2) is 11.5. The van der Waals surface area contributed by atoms with Crippen LogP contribution in [-0.2, 0) is 16.1 Å².